The summed E-state index contributed by atoms with van der Waals surface area (Å²) >= 11 is 0. The molecule has 0 radical (unpaired) electrons. The zero-order valence-electron chi connectivity index (χ0n) is 14.9. The fourth-order valence-electron chi connectivity index (χ4n) is 3.19. The van der Waals surface area contributed by atoms with Crippen LogP contribution in [0.5, 0.6) is 0 Å². The van der Waals surface area contributed by atoms with Crippen LogP contribution in [0.1, 0.15) is 11.5 Å². The average Bonchev–Trinajstić information content (AvgIpc) is 2.68. The number of nitrogen functional groups attached to an aromatic ring is 1. The fourth-order valence-corrected chi connectivity index (χ4v) is 3.19. The first-order chi connectivity index (χ1) is 13.4. The van der Waals surface area contributed by atoms with Crippen molar-refractivity contribution in [1.82, 2.24) is 24.8 Å². The van der Waals surface area contributed by atoms with Gasteiger partial charge in [-0.1, -0.05) is 12.1 Å². The summed E-state index contributed by atoms with van der Waals surface area (Å²) in [6.07, 6.45) is -3.34. The highest BCUT2D eigenvalue weighted by atomic mass is 19.4. The molecular formula is C18H18F3N7. The van der Waals surface area contributed by atoms with E-state index in [4.69, 9.17) is 5.73 Å². The molecule has 0 atom stereocenters. The molecule has 0 unspecified atom stereocenters. The highest BCUT2D eigenvalue weighted by Crippen LogP contribution is 2.28. The van der Waals surface area contributed by atoms with Crippen LogP contribution in [0, 0.1) is 0 Å². The van der Waals surface area contributed by atoms with E-state index in [1.807, 2.05) is 24.3 Å². The second-order valence-corrected chi connectivity index (χ2v) is 6.55. The Kier molecular flexibility index (Phi) is 4.71. The smallest absolute Gasteiger partial charge is 0.383 e. The molecule has 1 aliphatic heterocycles. The van der Waals surface area contributed by atoms with Crippen molar-refractivity contribution >= 4 is 22.7 Å². The minimum atomic E-state index is -4.48. The summed E-state index contributed by atoms with van der Waals surface area (Å²) in [5.41, 5.74) is 5.89. The lowest BCUT2D eigenvalue weighted by atomic mass is 10.2. The maximum absolute atomic E-state index is 12.8. The minimum absolute atomic E-state index is 0.0978. The second-order valence-electron chi connectivity index (χ2n) is 6.55. The molecule has 1 fully saturated rings. The third-order valence-electron chi connectivity index (χ3n) is 4.63. The zero-order valence-corrected chi connectivity index (χ0v) is 14.9. The SMILES string of the molecule is Nc1nc(CN2CCN(c3nccc(C(F)(F)F)n3)CC2)nc2ccccc12. The van der Waals surface area contributed by atoms with Gasteiger partial charge in [-0.2, -0.15) is 13.2 Å². The number of nitrogens with zero attached hydrogens (tertiary/aromatic N) is 6. The van der Waals surface area contributed by atoms with Gasteiger partial charge in [0.1, 0.15) is 17.3 Å². The summed E-state index contributed by atoms with van der Waals surface area (Å²) in [6.45, 7) is 2.83. The number of para-hydroxylation sites is 1. The van der Waals surface area contributed by atoms with E-state index in [2.05, 4.69) is 24.8 Å². The topological polar surface area (TPSA) is 84.1 Å². The number of aromatic nitrogens is 4. The van der Waals surface area contributed by atoms with E-state index < -0.39 is 11.9 Å². The van der Waals surface area contributed by atoms with Gasteiger partial charge in [-0.05, 0) is 18.2 Å². The molecule has 28 heavy (non-hydrogen) atoms. The Morgan fingerprint density at radius 1 is 0.964 bits per heavy atom. The lowest BCUT2D eigenvalue weighted by molar-refractivity contribution is -0.141. The second kappa shape index (κ2) is 7.19. The molecule has 1 aliphatic rings. The third kappa shape index (κ3) is 3.81. The van der Waals surface area contributed by atoms with E-state index in [0.29, 0.717) is 44.4 Å². The predicted octanol–water partition coefficient (Wildman–Crippen LogP) is 2.34. The van der Waals surface area contributed by atoms with Gasteiger partial charge in [-0.3, -0.25) is 4.90 Å². The van der Waals surface area contributed by atoms with Gasteiger partial charge >= 0.3 is 6.18 Å². The Morgan fingerprint density at radius 3 is 2.46 bits per heavy atom. The molecule has 146 valence electrons. The molecular weight excluding hydrogens is 371 g/mol. The van der Waals surface area contributed by atoms with Crippen molar-refractivity contribution in [2.45, 2.75) is 12.7 Å². The van der Waals surface area contributed by atoms with Crippen LogP contribution in [0.2, 0.25) is 0 Å². The van der Waals surface area contributed by atoms with Crippen LogP contribution in [-0.2, 0) is 12.7 Å². The lowest BCUT2D eigenvalue weighted by Gasteiger charge is -2.34. The molecule has 3 aromatic rings. The van der Waals surface area contributed by atoms with E-state index in [1.54, 1.807) is 4.90 Å². The first-order valence-corrected chi connectivity index (χ1v) is 8.79. The number of fused-ring (bicyclic) bond motifs is 1. The monoisotopic (exact) mass is 389 g/mol. The van der Waals surface area contributed by atoms with E-state index >= 15 is 0 Å². The van der Waals surface area contributed by atoms with Crippen molar-refractivity contribution < 1.29 is 13.2 Å². The summed E-state index contributed by atoms with van der Waals surface area (Å²) in [4.78, 5) is 20.4. The van der Waals surface area contributed by atoms with Crippen LogP contribution in [0.15, 0.2) is 36.5 Å². The number of anilines is 2. The summed E-state index contributed by atoms with van der Waals surface area (Å²) < 4.78 is 38.5. The molecule has 3 heterocycles. The maximum Gasteiger partial charge on any atom is 0.433 e. The summed E-state index contributed by atoms with van der Waals surface area (Å²) in [5, 5.41) is 0.817. The molecule has 7 nitrogen and oxygen atoms in total. The first kappa shape index (κ1) is 18.4. The predicted molar refractivity (Wildman–Crippen MR) is 98.5 cm³/mol. The summed E-state index contributed by atoms with van der Waals surface area (Å²) in [5.74, 6) is 1.16. The molecule has 0 bridgehead atoms. The van der Waals surface area contributed by atoms with Crippen molar-refractivity contribution in [3.63, 3.8) is 0 Å². The van der Waals surface area contributed by atoms with Crippen molar-refractivity contribution in [2.75, 3.05) is 36.8 Å². The number of hydrogen-bond donors (Lipinski definition) is 1. The number of nitrogens with two attached hydrogens (primary N) is 1. The average molecular weight is 389 g/mol. The molecule has 4 rings (SSSR count). The van der Waals surface area contributed by atoms with Crippen LogP contribution in [-0.4, -0.2) is 51.0 Å². The Balaban J connectivity index is 1.42. The molecule has 10 heteroatoms. The van der Waals surface area contributed by atoms with Gasteiger partial charge in [0.2, 0.25) is 5.95 Å². The van der Waals surface area contributed by atoms with E-state index in [0.717, 1.165) is 23.2 Å². The molecule has 0 amide bonds. The number of alkyl halides is 3. The molecule has 1 aromatic carbocycles. The summed E-state index contributed by atoms with van der Waals surface area (Å²) in [6, 6.07) is 8.42. The maximum atomic E-state index is 12.8. The largest absolute Gasteiger partial charge is 0.433 e. The number of piperazine rings is 1. The van der Waals surface area contributed by atoms with Crippen LogP contribution in [0.3, 0.4) is 0 Å². The summed E-state index contributed by atoms with van der Waals surface area (Å²) in [7, 11) is 0. The first-order valence-electron chi connectivity index (χ1n) is 8.79. The van der Waals surface area contributed by atoms with Crippen molar-refractivity contribution in [3.8, 4) is 0 Å². The van der Waals surface area contributed by atoms with Crippen LogP contribution in [0.25, 0.3) is 10.9 Å². The van der Waals surface area contributed by atoms with Crippen molar-refractivity contribution in [2.24, 2.45) is 0 Å². The Morgan fingerprint density at radius 2 is 1.71 bits per heavy atom. The number of halogens is 3. The van der Waals surface area contributed by atoms with Gasteiger partial charge in [0, 0.05) is 37.8 Å². The van der Waals surface area contributed by atoms with Crippen molar-refractivity contribution in [1.29, 1.82) is 0 Å². The molecule has 0 spiro atoms. The Bertz CT molecular complexity index is 984. The van der Waals surface area contributed by atoms with E-state index in [1.165, 1.54) is 0 Å². The van der Waals surface area contributed by atoms with Crippen LogP contribution < -0.4 is 10.6 Å². The normalized spacial score (nSPS) is 15.9. The van der Waals surface area contributed by atoms with Crippen LogP contribution in [0.4, 0.5) is 24.9 Å². The molecule has 0 aliphatic carbocycles. The third-order valence-corrected chi connectivity index (χ3v) is 4.63. The number of benzene rings is 1. The number of hydrogen-bond acceptors (Lipinski definition) is 7. The molecule has 2 aromatic heterocycles. The molecule has 1 saturated heterocycles. The Labute approximate surface area is 159 Å². The highest BCUT2D eigenvalue weighted by Gasteiger charge is 2.33. The van der Waals surface area contributed by atoms with E-state index in [-0.39, 0.29) is 5.95 Å². The molecule has 0 saturated carbocycles. The quantitative estimate of drug-likeness (QED) is 0.736. The van der Waals surface area contributed by atoms with Gasteiger partial charge in [-0.25, -0.2) is 19.9 Å². The van der Waals surface area contributed by atoms with Gasteiger partial charge in [0.05, 0.1) is 12.1 Å². The van der Waals surface area contributed by atoms with E-state index in [9.17, 15) is 13.2 Å². The fraction of sp³-hybridized carbons (Fsp3) is 0.333. The van der Waals surface area contributed by atoms with Gasteiger partial charge in [0.25, 0.3) is 0 Å². The minimum Gasteiger partial charge on any atom is -0.383 e. The highest BCUT2D eigenvalue weighted by molar-refractivity contribution is 5.87. The number of rotatable bonds is 3. The standard InChI is InChI=1S/C18H18F3N7/c19-18(20,21)14-5-6-23-17(25-14)28-9-7-27(8-10-28)11-15-24-13-4-2-1-3-12(13)16(22)26-15/h1-6H,7-11H2,(H2,22,24,26). The lowest BCUT2D eigenvalue weighted by Crippen LogP contribution is -2.46. The Hall–Kier alpha value is -3.01. The molecule has 2 N–H and O–H groups in total. The van der Waals surface area contributed by atoms with Gasteiger partial charge in [-0.15, -0.1) is 0 Å². The van der Waals surface area contributed by atoms with Crippen LogP contribution >= 0.6 is 0 Å². The van der Waals surface area contributed by atoms with Gasteiger partial charge in [0.15, 0.2) is 0 Å². The van der Waals surface area contributed by atoms with Crippen molar-refractivity contribution in [3.05, 3.63) is 48.0 Å². The van der Waals surface area contributed by atoms with Gasteiger partial charge < -0.3 is 10.6 Å². The zero-order chi connectivity index (χ0) is 19.7.